The first-order chi connectivity index (χ1) is 9.37. The predicted molar refractivity (Wildman–Crippen MR) is 63.6 cm³/mol. The van der Waals surface area contributed by atoms with E-state index in [9.17, 15) is 31.1 Å². The number of carbonyl (C=O) groups is 1. The first-order valence-electron chi connectivity index (χ1n) is 5.66. The van der Waals surface area contributed by atoms with Crippen LogP contribution in [0.1, 0.15) is 13.8 Å². The minimum absolute atomic E-state index is 0.0437. The van der Waals surface area contributed by atoms with Crippen molar-refractivity contribution < 1.29 is 31.1 Å². The van der Waals surface area contributed by atoms with Crippen molar-refractivity contribution in [1.29, 1.82) is 0 Å². The number of anilines is 1. The van der Waals surface area contributed by atoms with Crippen molar-refractivity contribution in [3.63, 3.8) is 0 Å². The van der Waals surface area contributed by atoms with E-state index in [1.165, 1.54) is 5.32 Å². The molecule has 0 radical (unpaired) electrons. The van der Waals surface area contributed by atoms with Crippen LogP contribution in [0.5, 0.6) is 0 Å². The molecule has 1 aromatic rings. The van der Waals surface area contributed by atoms with Gasteiger partial charge in [-0.25, -0.2) is 18.0 Å². The van der Waals surface area contributed by atoms with Crippen LogP contribution in [-0.2, 0) is 0 Å². The van der Waals surface area contributed by atoms with Gasteiger partial charge >= 0.3 is 12.2 Å². The summed E-state index contributed by atoms with van der Waals surface area (Å²) in [5, 5.41) is 3.14. The average molecular weight is 314 g/mol. The van der Waals surface area contributed by atoms with E-state index in [-0.39, 0.29) is 19.5 Å². The highest BCUT2D eigenvalue weighted by atomic mass is 19.4. The highest BCUT2D eigenvalue weighted by molar-refractivity contribution is 5.89. The SMILES string of the molecule is CC(F)(F)C(C)(NC(=O)Nc1ccc(F)cc1)C(F)(F)F. The van der Waals surface area contributed by atoms with Gasteiger partial charge in [-0.05, 0) is 31.2 Å². The van der Waals surface area contributed by atoms with Crippen molar-refractivity contribution >= 4 is 11.7 Å². The second-order valence-corrected chi connectivity index (χ2v) is 4.60. The van der Waals surface area contributed by atoms with E-state index >= 15 is 0 Å². The molecule has 2 N–H and O–H groups in total. The van der Waals surface area contributed by atoms with Crippen LogP contribution in [0.25, 0.3) is 0 Å². The monoisotopic (exact) mass is 314 g/mol. The van der Waals surface area contributed by atoms with Gasteiger partial charge in [-0.15, -0.1) is 0 Å². The molecule has 0 heterocycles. The molecule has 9 heteroatoms. The van der Waals surface area contributed by atoms with Crippen LogP contribution in [-0.4, -0.2) is 23.7 Å². The zero-order valence-corrected chi connectivity index (χ0v) is 11.0. The van der Waals surface area contributed by atoms with Crippen molar-refractivity contribution in [2.45, 2.75) is 31.5 Å². The number of alkyl halides is 5. The molecular weight excluding hydrogens is 302 g/mol. The maximum atomic E-state index is 13.2. The van der Waals surface area contributed by atoms with Crippen LogP contribution >= 0.6 is 0 Å². The molecule has 0 spiro atoms. The van der Waals surface area contributed by atoms with Gasteiger partial charge in [0.1, 0.15) is 5.82 Å². The molecule has 0 aliphatic heterocycles. The Bertz CT molecular complexity index is 492. The van der Waals surface area contributed by atoms with E-state index in [0.29, 0.717) is 0 Å². The molecule has 3 nitrogen and oxygen atoms in total. The standard InChI is InChI=1S/C12H12F6N2O/c1-10(11(2,14)15,12(16,17)18)20-9(21)19-8-5-3-7(13)4-6-8/h3-6H,1-2H3,(H2,19,20,21). The van der Waals surface area contributed by atoms with E-state index in [0.717, 1.165) is 24.3 Å². The molecule has 2 amide bonds. The molecule has 0 fully saturated rings. The Hall–Kier alpha value is -1.93. The lowest BCUT2D eigenvalue weighted by molar-refractivity contribution is -0.249. The van der Waals surface area contributed by atoms with E-state index in [1.54, 1.807) is 0 Å². The third-order valence-corrected chi connectivity index (χ3v) is 2.91. The molecule has 1 aromatic carbocycles. The Morgan fingerprint density at radius 3 is 1.86 bits per heavy atom. The van der Waals surface area contributed by atoms with Gasteiger partial charge in [-0.1, -0.05) is 0 Å². The summed E-state index contributed by atoms with van der Waals surface area (Å²) in [7, 11) is 0. The third-order valence-electron chi connectivity index (χ3n) is 2.91. The number of benzene rings is 1. The Morgan fingerprint density at radius 1 is 1.00 bits per heavy atom. The lowest BCUT2D eigenvalue weighted by atomic mass is 9.94. The highest BCUT2D eigenvalue weighted by Crippen LogP contribution is 2.41. The normalized spacial score (nSPS) is 15.2. The van der Waals surface area contributed by atoms with E-state index in [4.69, 9.17) is 0 Å². The summed E-state index contributed by atoms with van der Waals surface area (Å²) in [5.74, 6) is -4.87. The van der Waals surface area contributed by atoms with Crippen LogP contribution in [0.4, 0.5) is 36.8 Å². The molecule has 1 unspecified atom stereocenters. The molecule has 21 heavy (non-hydrogen) atoms. The second-order valence-electron chi connectivity index (χ2n) is 4.60. The maximum absolute atomic E-state index is 13.2. The molecule has 1 atom stereocenters. The average Bonchev–Trinajstić information content (AvgIpc) is 2.29. The van der Waals surface area contributed by atoms with Gasteiger partial charge in [0.25, 0.3) is 5.92 Å². The summed E-state index contributed by atoms with van der Waals surface area (Å²) in [6.45, 7) is 0.232. The molecule has 118 valence electrons. The van der Waals surface area contributed by atoms with Crippen molar-refractivity contribution in [1.82, 2.24) is 5.32 Å². The van der Waals surface area contributed by atoms with Gasteiger partial charge in [0.15, 0.2) is 5.54 Å². The largest absolute Gasteiger partial charge is 0.417 e. The molecular formula is C12H12F6N2O. The van der Waals surface area contributed by atoms with Crippen molar-refractivity contribution in [2.24, 2.45) is 0 Å². The summed E-state index contributed by atoms with van der Waals surface area (Å²) in [6, 6.07) is 2.57. The van der Waals surface area contributed by atoms with Gasteiger partial charge in [0, 0.05) is 12.6 Å². The summed E-state index contributed by atoms with van der Waals surface area (Å²) in [4.78, 5) is 11.5. The lowest BCUT2D eigenvalue weighted by Crippen LogP contribution is -2.66. The topological polar surface area (TPSA) is 41.1 Å². The molecule has 0 aromatic heterocycles. The quantitative estimate of drug-likeness (QED) is 0.816. The van der Waals surface area contributed by atoms with Gasteiger partial charge < -0.3 is 10.6 Å². The van der Waals surface area contributed by atoms with Crippen LogP contribution in [0, 0.1) is 5.82 Å². The third kappa shape index (κ3) is 3.79. The van der Waals surface area contributed by atoms with E-state index in [1.807, 2.05) is 5.32 Å². The number of rotatable bonds is 3. The van der Waals surface area contributed by atoms with Gasteiger partial charge in [0.2, 0.25) is 0 Å². The zero-order chi connectivity index (χ0) is 16.5. The van der Waals surface area contributed by atoms with Crippen molar-refractivity contribution in [3.05, 3.63) is 30.1 Å². The fourth-order valence-corrected chi connectivity index (χ4v) is 1.35. The first kappa shape index (κ1) is 17.1. The number of hydrogen-bond donors (Lipinski definition) is 2. The maximum Gasteiger partial charge on any atom is 0.417 e. The summed E-state index contributed by atoms with van der Waals surface area (Å²) in [5.41, 5.74) is -3.79. The number of amides is 2. The van der Waals surface area contributed by atoms with Crippen LogP contribution < -0.4 is 10.6 Å². The second kappa shape index (κ2) is 5.45. The molecule has 0 bridgehead atoms. The molecule has 0 aliphatic rings. The number of halogens is 6. The fraction of sp³-hybridized carbons (Fsp3) is 0.417. The number of carbonyl (C=O) groups excluding carboxylic acids is 1. The Kier molecular flexibility index (Phi) is 4.45. The van der Waals surface area contributed by atoms with Crippen molar-refractivity contribution in [3.8, 4) is 0 Å². The molecule has 1 rings (SSSR count). The summed E-state index contributed by atoms with van der Waals surface area (Å²) < 4.78 is 77.4. The summed E-state index contributed by atoms with van der Waals surface area (Å²) in [6.07, 6.45) is -5.37. The van der Waals surface area contributed by atoms with Gasteiger partial charge in [0.05, 0.1) is 0 Å². The Labute approximate surface area is 116 Å². The van der Waals surface area contributed by atoms with E-state index < -0.39 is 29.5 Å². The minimum atomic E-state index is -5.37. The molecule has 0 aliphatic carbocycles. The van der Waals surface area contributed by atoms with Crippen LogP contribution in [0.3, 0.4) is 0 Å². The van der Waals surface area contributed by atoms with Crippen LogP contribution in [0.15, 0.2) is 24.3 Å². The zero-order valence-electron chi connectivity index (χ0n) is 11.0. The minimum Gasteiger partial charge on any atom is -0.319 e. The van der Waals surface area contributed by atoms with Crippen LogP contribution in [0.2, 0.25) is 0 Å². The van der Waals surface area contributed by atoms with E-state index in [2.05, 4.69) is 0 Å². The number of nitrogens with one attached hydrogen (secondary N) is 2. The Morgan fingerprint density at radius 2 is 1.48 bits per heavy atom. The predicted octanol–water partition coefficient (Wildman–Crippen LogP) is 3.92. The number of urea groups is 1. The van der Waals surface area contributed by atoms with Gasteiger partial charge in [-0.3, -0.25) is 0 Å². The summed E-state index contributed by atoms with van der Waals surface area (Å²) >= 11 is 0. The number of hydrogen-bond acceptors (Lipinski definition) is 1. The Balaban J connectivity index is 2.90. The highest BCUT2D eigenvalue weighted by Gasteiger charge is 2.65. The lowest BCUT2D eigenvalue weighted by Gasteiger charge is -2.37. The fourth-order valence-electron chi connectivity index (χ4n) is 1.35. The van der Waals surface area contributed by atoms with Gasteiger partial charge in [-0.2, -0.15) is 13.2 Å². The first-order valence-corrected chi connectivity index (χ1v) is 5.66. The smallest absolute Gasteiger partial charge is 0.319 e. The molecule has 0 saturated heterocycles. The molecule has 0 saturated carbocycles. The van der Waals surface area contributed by atoms with Crippen molar-refractivity contribution in [2.75, 3.05) is 5.32 Å².